The van der Waals surface area contributed by atoms with Crippen molar-refractivity contribution < 1.29 is 0 Å². The summed E-state index contributed by atoms with van der Waals surface area (Å²) in [4.78, 5) is 6.70. The van der Waals surface area contributed by atoms with Crippen molar-refractivity contribution in [1.29, 1.82) is 0 Å². The summed E-state index contributed by atoms with van der Waals surface area (Å²) in [6.45, 7) is 0. The summed E-state index contributed by atoms with van der Waals surface area (Å²) in [5, 5.41) is 5.04. The number of fused-ring (bicyclic) bond motifs is 2. The van der Waals surface area contributed by atoms with Gasteiger partial charge in [0.25, 0.3) is 0 Å². The highest BCUT2D eigenvalue weighted by molar-refractivity contribution is 6.21. The van der Waals surface area contributed by atoms with E-state index in [1.165, 1.54) is 54.9 Å². The van der Waals surface area contributed by atoms with Crippen molar-refractivity contribution in [2.75, 3.05) is 11.9 Å². The largest absolute Gasteiger partial charge is 0.344 e. The highest BCUT2D eigenvalue weighted by Gasteiger charge is 2.18. The van der Waals surface area contributed by atoms with Crippen molar-refractivity contribution in [2.45, 2.75) is 0 Å². The second-order valence-electron chi connectivity index (χ2n) is 11.7. The minimum Gasteiger partial charge on any atom is -0.344 e. The van der Waals surface area contributed by atoms with Crippen LogP contribution in [0.4, 0.5) is 11.4 Å². The second kappa shape index (κ2) is 11.8. The first kappa shape index (κ1) is 27.6. The molecule has 0 aliphatic carbocycles. The fourth-order valence-corrected chi connectivity index (χ4v) is 6.76. The summed E-state index contributed by atoms with van der Waals surface area (Å²) in [5.74, 6) is 0. The third-order valence-electron chi connectivity index (χ3n) is 8.95. The number of pyridine rings is 1. The minimum atomic E-state index is 1.09. The molecule has 2 nitrogen and oxygen atoms in total. The van der Waals surface area contributed by atoms with Crippen molar-refractivity contribution in [3.05, 3.63) is 176 Å². The van der Waals surface area contributed by atoms with E-state index in [4.69, 9.17) is 0 Å². The molecule has 0 amide bonds. The Morgan fingerprint density at radius 3 is 1.57 bits per heavy atom. The lowest BCUT2D eigenvalue weighted by atomic mass is 9.85. The van der Waals surface area contributed by atoms with Gasteiger partial charge < -0.3 is 4.90 Å². The monoisotopic (exact) mass is 588 g/mol. The Bertz CT molecular complexity index is 2250. The van der Waals surface area contributed by atoms with Gasteiger partial charge in [-0.05, 0) is 91.3 Å². The molecular formula is C44H32N2. The standard InChI is InChI=1S/C44H32N2/c1-46(36-19-6-3-7-20-36)42-26-25-33(29-41(42)35-18-13-27-45-30-35)32-16-12-17-34(28-32)44-39-23-10-8-21-37(39)43(31-14-4-2-5-15-31)38-22-9-11-24-40(38)44/h2-30H,1H3. The van der Waals surface area contributed by atoms with Crippen LogP contribution in [-0.2, 0) is 0 Å². The molecule has 7 aromatic carbocycles. The average Bonchev–Trinajstić information content (AvgIpc) is 3.14. The molecule has 0 atom stereocenters. The number of rotatable bonds is 6. The highest BCUT2D eigenvalue weighted by atomic mass is 15.1. The molecule has 1 heterocycles. The van der Waals surface area contributed by atoms with Crippen LogP contribution in [0.25, 0.3) is 66.1 Å². The molecule has 0 N–H and O–H groups in total. The van der Waals surface area contributed by atoms with Crippen molar-refractivity contribution >= 4 is 32.9 Å². The minimum absolute atomic E-state index is 1.09. The van der Waals surface area contributed by atoms with Gasteiger partial charge in [-0.15, -0.1) is 0 Å². The first-order valence-corrected chi connectivity index (χ1v) is 15.7. The number of anilines is 2. The lowest BCUT2D eigenvalue weighted by Crippen LogP contribution is -2.10. The van der Waals surface area contributed by atoms with Crippen LogP contribution >= 0.6 is 0 Å². The molecule has 0 aliphatic heterocycles. The Morgan fingerprint density at radius 2 is 0.935 bits per heavy atom. The van der Waals surface area contributed by atoms with Gasteiger partial charge >= 0.3 is 0 Å². The van der Waals surface area contributed by atoms with Crippen molar-refractivity contribution in [1.82, 2.24) is 4.98 Å². The van der Waals surface area contributed by atoms with E-state index in [1.54, 1.807) is 0 Å². The van der Waals surface area contributed by atoms with E-state index in [0.29, 0.717) is 0 Å². The van der Waals surface area contributed by atoms with E-state index >= 15 is 0 Å². The number of benzene rings is 7. The Morgan fingerprint density at radius 1 is 0.413 bits per heavy atom. The maximum atomic E-state index is 4.46. The summed E-state index contributed by atoms with van der Waals surface area (Å²) in [6.07, 6.45) is 3.78. The Hall–Kier alpha value is -5.99. The van der Waals surface area contributed by atoms with Crippen LogP contribution in [0.15, 0.2) is 176 Å². The molecule has 0 radical (unpaired) electrons. The van der Waals surface area contributed by atoms with Crippen LogP contribution in [-0.4, -0.2) is 12.0 Å². The van der Waals surface area contributed by atoms with Crippen molar-refractivity contribution in [2.24, 2.45) is 0 Å². The Balaban J connectivity index is 1.31. The molecule has 0 fully saturated rings. The van der Waals surface area contributed by atoms with E-state index in [2.05, 4.69) is 175 Å². The lowest BCUT2D eigenvalue weighted by Gasteiger charge is -2.24. The predicted molar refractivity (Wildman–Crippen MR) is 195 cm³/mol. The van der Waals surface area contributed by atoms with Crippen LogP contribution in [0.3, 0.4) is 0 Å². The molecule has 0 saturated carbocycles. The first-order valence-electron chi connectivity index (χ1n) is 15.7. The van der Waals surface area contributed by atoms with Gasteiger partial charge in [-0.25, -0.2) is 0 Å². The third kappa shape index (κ3) is 4.91. The molecular weight excluding hydrogens is 556 g/mol. The van der Waals surface area contributed by atoms with E-state index in [-0.39, 0.29) is 0 Å². The van der Waals surface area contributed by atoms with Crippen molar-refractivity contribution in [3.8, 4) is 44.5 Å². The quantitative estimate of drug-likeness (QED) is 0.180. The summed E-state index contributed by atoms with van der Waals surface area (Å²) in [5.41, 5.74) is 11.8. The van der Waals surface area contributed by atoms with Gasteiger partial charge in [0.15, 0.2) is 0 Å². The van der Waals surface area contributed by atoms with E-state index in [1.807, 2.05) is 18.5 Å². The van der Waals surface area contributed by atoms with E-state index in [0.717, 1.165) is 22.5 Å². The average molecular weight is 589 g/mol. The van der Waals surface area contributed by atoms with Gasteiger partial charge in [-0.2, -0.15) is 0 Å². The SMILES string of the molecule is CN(c1ccccc1)c1ccc(-c2cccc(-c3c4ccccc4c(-c4ccccc4)c4ccccc34)c2)cc1-c1cccnc1. The Labute approximate surface area is 269 Å². The maximum Gasteiger partial charge on any atom is 0.0488 e. The normalized spacial score (nSPS) is 11.2. The second-order valence-corrected chi connectivity index (χ2v) is 11.7. The maximum absolute atomic E-state index is 4.46. The van der Waals surface area contributed by atoms with E-state index in [9.17, 15) is 0 Å². The molecule has 0 bridgehead atoms. The molecule has 0 saturated heterocycles. The lowest BCUT2D eigenvalue weighted by molar-refractivity contribution is 1.21. The molecule has 1 aromatic heterocycles. The fourth-order valence-electron chi connectivity index (χ4n) is 6.76. The fraction of sp³-hybridized carbons (Fsp3) is 0.0227. The van der Waals surface area contributed by atoms with Gasteiger partial charge in [0, 0.05) is 41.9 Å². The van der Waals surface area contributed by atoms with Gasteiger partial charge in [-0.3, -0.25) is 4.98 Å². The zero-order chi connectivity index (χ0) is 30.9. The summed E-state index contributed by atoms with van der Waals surface area (Å²) < 4.78 is 0. The van der Waals surface area contributed by atoms with Gasteiger partial charge in [-0.1, -0.05) is 127 Å². The number of nitrogens with zero attached hydrogens (tertiary/aromatic N) is 2. The van der Waals surface area contributed by atoms with Crippen LogP contribution < -0.4 is 4.90 Å². The summed E-state index contributed by atoms with van der Waals surface area (Å²) in [7, 11) is 2.13. The zero-order valence-electron chi connectivity index (χ0n) is 25.6. The van der Waals surface area contributed by atoms with Gasteiger partial charge in [0.2, 0.25) is 0 Å². The number of hydrogen-bond acceptors (Lipinski definition) is 2. The van der Waals surface area contributed by atoms with Crippen LogP contribution in [0.2, 0.25) is 0 Å². The smallest absolute Gasteiger partial charge is 0.0488 e. The topological polar surface area (TPSA) is 16.1 Å². The molecule has 218 valence electrons. The zero-order valence-corrected chi connectivity index (χ0v) is 25.6. The molecule has 8 rings (SSSR count). The van der Waals surface area contributed by atoms with Crippen molar-refractivity contribution in [3.63, 3.8) is 0 Å². The molecule has 0 aliphatic rings. The van der Waals surface area contributed by atoms with Crippen LogP contribution in [0.1, 0.15) is 0 Å². The third-order valence-corrected chi connectivity index (χ3v) is 8.95. The van der Waals surface area contributed by atoms with Gasteiger partial charge in [0.05, 0.1) is 0 Å². The molecule has 2 heteroatoms. The highest BCUT2D eigenvalue weighted by Crippen LogP contribution is 2.44. The predicted octanol–water partition coefficient (Wildman–Crippen LogP) is 11.8. The molecule has 8 aromatic rings. The summed E-state index contributed by atoms with van der Waals surface area (Å²) in [6, 6.07) is 58.8. The molecule has 0 spiro atoms. The number of para-hydroxylation sites is 1. The van der Waals surface area contributed by atoms with Crippen LogP contribution in [0, 0.1) is 0 Å². The first-order chi connectivity index (χ1) is 22.8. The molecule has 46 heavy (non-hydrogen) atoms. The van der Waals surface area contributed by atoms with Crippen LogP contribution in [0.5, 0.6) is 0 Å². The molecule has 0 unspecified atom stereocenters. The summed E-state index contributed by atoms with van der Waals surface area (Å²) >= 11 is 0. The van der Waals surface area contributed by atoms with E-state index < -0.39 is 0 Å². The van der Waals surface area contributed by atoms with Gasteiger partial charge in [0.1, 0.15) is 0 Å². The number of hydrogen-bond donors (Lipinski definition) is 0. The Kier molecular flexibility index (Phi) is 7.09. The number of aromatic nitrogens is 1.